The van der Waals surface area contributed by atoms with Crippen LogP contribution in [0.3, 0.4) is 0 Å². The van der Waals surface area contributed by atoms with Crippen molar-refractivity contribution in [3.8, 4) is 0 Å². The molecule has 0 fully saturated rings. The second-order valence-electron chi connectivity index (χ2n) is 10.4. The summed E-state index contributed by atoms with van der Waals surface area (Å²) in [5, 5.41) is 22.6. The Morgan fingerprint density at radius 2 is 1.14 bits per heavy atom. The molecule has 11 heteroatoms. The zero-order valence-electron chi connectivity index (χ0n) is 24.3. The molecule has 0 aliphatic rings. The predicted octanol–water partition coefficient (Wildman–Crippen LogP) is 7.98. The van der Waals surface area contributed by atoms with Gasteiger partial charge in [0.2, 0.25) is 0 Å². The van der Waals surface area contributed by atoms with E-state index in [1.54, 1.807) is 30.9 Å². The van der Waals surface area contributed by atoms with Crippen molar-refractivity contribution in [1.82, 2.24) is 40.3 Å². The highest BCUT2D eigenvalue weighted by Gasteiger charge is 2.07. The highest BCUT2D eigenvalue weighted by atomic mass is 79.9. The van der Waals surface area contributed by atoms with E-state index in [-0.39, 0.29) is 0 Å². The number of aromatic nitrogens is 8. The third-order valence-corrected chi connectivity index (χ3v) is 6.93. The lowest BCUT2D eigenvalue weighted by atomic mass is 10.1. The van der Waals surface area contributed by atoms with Gasteiger partial charge in [-0.25, -0.2) is 9.97 Å². The number of pyridine rings is 4. The first kappa shape index (κ1) is 29.6. The van der Waals surface area contributed by atoms with Crippen LogP contribution in [0.1, 0.15) is 56.2 Å². The van der Waals surface area contributed by atoms with Crippen LogP contribution in [0.2, 0.25) is 0 Å². The van der Waals surface area contributed by atoms with Crippen LogP contribution < -0.4 is 10.6 Å². The molecule has 216 valence electrons. The second-order valence-corrected chi connectivity index (χ2v) is 11.3. The number of anilines is 4. The highest BCUT2D eigenvalue weighted by Crippen LogP contribution is 2.22. The Kier molecular flexibility index (Phi) is 9.21. The number of halogens is 1. The smallest absolute Gasteiger partial charge is 0.154 e. The molecular formula is C32H31BrN10. The van der Waals surface area contributed by atoms with Crippen LogP contribution in [-0.4, -0.2) is 40.3 Å². The van der Waals surface area contributed by atoms with Gasteiger partial charge in [0.15, 0.2) is 11.6 Å². The van der Waals surface area contributed by atoms with Crippen LogP contribution >= 0.6 is 15.9 Å². The maximum atomic E-state index is 4.56. The first-order chi connectivity index (χ1) is 20.8. The van der Waals surface area contributed by atoms with Crippen molar-refractivity contribution >= 4 is 67.3 Å². The van der Waals surface area contributed by atoms with Crippen LogP contribution in [0.4, 0.5) is 23.3 Å². The lowest BCUT2D eigenvalue weighted by Crippen LogP contribution is -2.00. The van der Waals surface area contributed by atoms with Gasteiger partial charge >= 0.3 is 0 Å². The van der Waals surface area contributed by atoms with Crippen molar-refractivity contribution in [3.05, 3.63) is 101 Å². The molecule has 0 aliphatic carbocycles. The number of hydrogen-bond donors (Lipinski definition) is 2. The van der Waals surface area contributed by atoms with Gasteiger partial charge in [-0.1, -0.05) is 40.3 Å². The van der Waals surface area contributed by atoms with E-state index in [9.17, 15) is 0 Å². The SMILES string of the molecule is C=Cc1cnc2ccc(Nc3cc(C(C)C)cnn3)nc2c1.CC(C)c1cnnc(Nc2ccc3ncc(Br)cc3n2)c1. The van der Waals surface area contributed by atoms with Crippen molar-refractivity contribution in [3.63, 3.8) is 0 Å². The predicted molar refractivity (Wildman–Crippen MR) is 176 cm³/mol. The first-order valence-electron chi connectivity index (χ1n) is 13.8. The van der Waals surface area contributed by atoms with Gasteiger partial charge in [0.05, 0.1) is 34.5 Å². The standard InChI is InChI=1S/C17H17N5.C15H14BrN5/c1-4-12-7-15-14(18-9-12)5-6-16(20-15)21-17-8-13(11(2)3)10-19-22-17;1-9(2)10-5-15(21-18-7-10)20-14-4-3-12-13(19-14)6-11(16)8-17-12/h4-11H,1H2,2-3H3,(H,20,21,22);3-9H,1-2H3,(H,19,20,21). The molecule has 0 spiro atoms. The Hall–Kier alpha value is -4.90. The molecule has 10 nitrogen and oxygen atoms in total. The number of fused-ring (bicyclic) bond motifs is 2. The third-order valence-electron chi connectivity index (χ3n) is 6.50. The van der Waals surface area contributed by atoms with Gasteiger partial charge in [-0.3, -0.25) is 9.97 Å². The van der Waals surface area contributed by atoms with Gasteiger partial charge in [0, 0.05) is 16.9 Å². The molecule has 0 saturated carbocycles. The molecule has 0 radical (unpaired) electrons. The lowest BCUT2D eigenvalue weighted by Gasteiger charge is -2.08. The van der Waals surface area contributed by atoms with Gasteiger partial charge in [0.25, 0.3) is 0 Å². The highest BCUT2D eigenvalue weighted by molar-refractivity contribution is 9.10. The molecule has 6 aromatic rings. The van der Waals surface area contributed by atoms with Gasteiger partial charge in [0.1, 0.15) is 11.6 Å². The molecule has 6 heterocycles. The zero-order chi connectivity index (χ0) is 30.3. The molecule has 0 atom stereocenters. The molecular weight excluding hydrogens is 604 g/mol. The molecule has 2 N–H and O–H groups in total. The average molecular weight is 636 g/mol. The Morgan fingerprint density at radius 3 is 1.65 bits per heavy atom. The maximum absolute atomic E-state index is 4.56. The summed E-state index contributed by atoms with van der Waals surface area (Å²) in [6.07, 6.45) is 8.86. The second kappa shape index (κ2) is 13.4. The van der Waals surface area contributed by atoms with Gasteiger partial charge in [-0.2, -0.15) is 10.2 Å². The van der Waals surface area contributed by atoms with E-state index in [1.807, 2.05) is 48.5 Å². The van der Waals surface area contributed by atoms with Gasteiger partial charge in [-0.05, 0) is 93.0 Å². The fraction of sp³-hybridized carbons (Fsp3) is 0.188. The van der Waals surface area contributed by atoms with Crippen LogP contribution in [0.25, 0.3) is 28.1 Å². The van der Waals surface area contributed by atoms with E-state index in [0.29, 0.717) is 29.3 Å². The summed E-state index contributed by atoms with van der Waals surface area (Å²) in [6.45, 7) is 12.2. The van der Waals surface area contributed by atoms with Crippen molar-refractivity contribution < 1.29 is 0 Å². The van der Waals surface area contributed by atoms with Crippen LogP contribution in [0.5, 0.6) is 0 Å². The van der Waals surface area contributed by atoms with Crippen molar-refractivity contribution in [2.24, 2.45) is 0 Å². The van der Waals surface area contributed by atoms with Crippen molar-refractivity contribution in [1.29, 1.82) is 0 Å². The lowest BCUT2D eigenvalue weighted by molar-refractivity contribution is 0.843. The molecule has 0 aliphatic heterocycles. The van der Waals surface area contributed by atoms with E-state index in [0.717, 1.165) is 49.0 Å². The summed E-state index contributed by atoms with van der Waals surface area (Å²) >= 11 is 3.40. The van der Waals surface area contributed by atoms with Crippen LogP contribution in [0, 0.1) is 0 Å². The van der Waals surface area contributed by atoms with E-state index in [4.69, 9.17) is 0 Å². The summed E-state index contributed by atoms with van der Waals surface area (Å²) in [4.78, 5) is 17.7. The monoisotopic (exact) mass is 634 g/mol. The Morgan fingerprint density at radius 1 is 0.628 bits per heavy atom. The Bertz CT molecular complexity index is 1890. The number of nitrogens with zero attached hydrogens (tertiary/aromatic N) is 8. The molecule has 0 bridgehead atoms. The molecule has 6 aromatic heterocycles. The summed E-state index contributed by atoms with van der Waals surface area (Å²) in [5.74, 6) is 3.62. The van der Waals surface area contributed by atoms with Gasteiger partial charge < -0.3 is 10.6 Å². The Labute approximate surface area is 258 Å². The minimum atomic E-state index is 0.403. The van der Waals surface area contributed by atoms with Crippen molar-refractivity contribution in [2.75, 3.05) is 10.6 Å². The van der Waals surface area contributed by atoms with E-state index in [1.165, 1.54) is 0 Å². The van der Waals surface area contributed by atoms with Crippen LogP contribution in [-0.2, 0) is 0 Å². The minimum Gasteiger partial charge on any atom is -0.323 e. The fourth-order valence-electron chi connectivity index (χ4n) is 4.03. The zero-order valence-corrected chi connectivity index (χ0v) is 25.9. The molecule has 6 rings (SSSR count). The normalized spacial score (nSPS) is 11.0. The molecule has 43 heavy (non-hydrogen) atoms. The number of hydrogen-bond acceptors (Lipinski definition) is 10. The molecule has 0 saturated heterocycles. The Balaban J connectivity index is 0.000000171. The summed E-state index contributed by atoms with van der Waals surface area (Å²) < 4.78 is 0.904. The summed E-state index contributed by atoms with van der Waals surface area (Å²) in [6, 6.07) is 15.5. The fourth-order valence-corrected chi connectivity index (χ4v) is 4.35. The van der Waals surface area contributed by atoms with E-state index < -0.39 is 0 Å². The molecule has 0 aromatic carbocycles. The third kappa shape index (κ3) is 7.69. The maximum Gasteiger partial charge on any atom is 0.154 e. The quantitative estimate of drug-likeness (QED) is 0.178. The summed E-state index contributed by atoms with van der Waals surface area (Å²) in [7, 11) is 0. The number of rotatable bonds is 7. The number of nitrogens with one attached hydrogen (secondary N) is 2. The van der Waals surface area contributed by atoms with Crippen LogP contribution in [0.15, 0.2) is 84.4 Å². The van der Waals surface area contributed by atoms with Crippen molar-refractivity contribution in [2.45, 2.75) is 39.5 Å². The molecule has 0 unspecified atom stereocenters. The first-order valence-corrected chi connectivity index (χ1v) is 14.6. The average Bonchev–Trinajstić information content (AvgIpc) is 3.01. The van der Waals surface area contributed by atoms with Gasteiger partial charge in [-0.15, -0.1) is 10.2 Å². The summed E-state index contributed by atoms with van der Waals surface area (Å²) in [5.41, 5.74) is 6.55. The topological polar surface area (TPSA) is 127 Å². The molecule has 0 amide bonds. The minimum absolute atomic E-state index is 0.403. The van der Waals surface area contributed by atoms with E-state index >= 15 is 0 Å². The largest absolute Gasteiger partial charge is 0.323 e. The van der Waals surface area contributed by atoms with E-state index in [2.05, 4.69) is 101 Å².